The van der Waals surface area contributed by atoms with Crippen molar-refractivity contribution in [2.45, 2.75) is 44.6 Å². The minimum absolute atomic E-state index is 0.0815. The molecule has 1 aromatic carbocycles. The van der Waals surface area contributed by atoms with Crippen molar-refractivity contribution in [3.8, 4) is 0 Å². The quantitative estimate of drug-likeness (QED) is 0.848. The van der Waals surface area contributed by atoms with Crippen molar-refractivity contribution < 1.29 is 9.90 Å². The lowest BCUT2D eigenvalue weighted by atomic mass is 10.1. The molecule has 0 heterocycles. The van der Waals surface area contributed by atoms with Crippen LogP contribution >= 0.6 is 11.6 Å². The molecule has 0 unspecified atom stereocenters. The molecular formula is C16H22ClNO2. The third-order valence-electron chi connectivity index (χ3n) is 3.96. The summed E-state index contributed by atoms with van der Waals surface area (Å²) in [4.78, 5) is 11.7. The number of benzene rings is 1. The van der Waals surface area contributed by atoms with Crippen LogP contribution in [0.5, 0.6) is 0 Å². The molecule has 20 heavy (non-hydrogen) atoms. The second kappa shape index (κ2) is 7.65. The van der Waals surface area contributed by atoms with Crippen molar-refractivity contribution in [3.05, 3.63) is 34.9 Å². The topological polar surface area (TPSA) is 49.3 Å². The van der Waals surface area contributed by atoms with Crippen LogP contribution in [0.15, 0.2) is 24.3 Å². The molecule has 2 atom stereocenters. The van der Waals surface area contributed by atoms with Gasteiger partial charge < -0.3 is 10.4 Å². The first-order valence-corrected chi connectivity index (χ1v) is 7.72. The number of carbonyl (C=O) groups excluding carboxylic acids is 1. The number of aliphatic hydroxyl groups excluding tert-OH is 1. The first-order chi connectivity index (χ1) is 9.65. The smallest absolute Gasteiger partial charge is 0.220 e. The largest absolute Gasteiger partial charge is 0.393 e. The molecular weight excluding hydrogens is 274 g/mol. The summed E-state index contributed by atoms with van der Waals surface area (Å²) in [5, 5.41) is 13.4. The molecule has 0 aliphatic heterocycles. The number of hydrogen-bond acceptors (Lipinski definition) is 2. The molecule has 1 amide bonds. The zero-order chi connectivity index (χ0) is 14.4. The highest BCUT2D eigenvalue weighted by atomic mass is 35.5. The Bertz CT molecular complexity index is 433. The van der Waals surface area contributed by atoms with Crippen LogP contribution in [0.25, 0.3) is 0 Å². The lowest BCUT2D eigenvalue weighted by Gasteiger charge is -2.14. The standard InChI is InChI=1S/C16H22ClNO2/c17-14-9-7-12(8-10-14)3-1-6-16(20)18-11-13-4-2-5-15(13)19/h7-10,13,15,19H,1-6,11H2,(H,18,20)/t13-,15+/m1/s1. The fraction of sp³-hybridized carbons (Fsp3) is 0.562. The highest BCUT2D eigenvalue weighted by molar-refractivity contribution is 6.30. The molecule has 4 heteroatoms. The van der Waals surface area contributed by atoms with Crippen LogP contribution in [-0.4, -0.2) is 23.7 Å². The molecule has 0 radical (unpaired) electrons. The van der Waals surface area contributed by atoms with Gasteiger partial charge in [-0.25, -0.2) is 0 Å². The normalized spacial score (nSPS) is 21.9. The molecule has 110 valence electrons. The van der Waals surface area contributed by atoms with Gasteiger partial charge in [0.05, 0.1) is 6.10 Å². The van der Waals surface area contributed by atoms with E-state index in [0.717, 1.165) is 37.1 Å². The molecule has 3 nitrogen and oxygen atoms in total. The van der Waals surface area contributed by atoms with Gasteiger partial charge in [-0.1, -0.05) is 30.2 Å². The highest BCUT2D eigenvalue weighted by Crippen LogP contribution is 2.24. The van der Waals surface area contributed by atoms with E-state index in [1.165, 1.54) is 5.56 Å². The second-order valence-corrected chi connectivity index (χ2v) is 5.98. The summed E-state index contributed by atoms with van der Waals surface area (Å²) in [5.41, 5.74) is 1.20. The summed E-state index contributed by atoms with van der Waals surface area (Å²) < 4.78 is 0. The first kappa shape index (κ1) is 15.3. The molecule has 2 N–H and O–H groups in total. The predicted octanol–water partition coefficient (Wildman–Crippen LogP) is 2.94. The fourth-order valence-electron chi connectivity index (χ4n) is 2.69. The third-order valence-corrected chi connectivity index (χ3v) is 4.21. The summed E-state index contributed by atoms with van der Waals surface area (Å²) in [6, 6.07) is 7.74. The van der Waals surface area contributed by atoms with Gasteiger partial charge in [-0.3, -0.25) is 4.79 Å². The number of carbonyl (C=O) groups is 1. The number of rotatable bonds is 6. The van der Waals surface area contributed by atoms with E-state index in [1.54, 1.807) is 0 Å². The Hall–Kier alpha value is -1.06. The van der Waals surface area contributed by atoms with Crippen LogP contribution in [0.3, 0.4) is 0 Å². The summed E-state index contributed by atoms with van der Waals surface area (Å²) in [5.74, 6) is 0.327. The van der Waals surface area contributed by atoms with Crippen LogP contribution in [0, 0.1) is 5.92 Å². The maximum Gasteiger partial charge on any atom is 0.220 e. The number of aryl methyl sites for hydroxylation is 1. The molecule has 0 saturated heterocycles. The lowest BCUT2D eigenvalue weighted by Crippen LogP contribution is -2.32. The second-order valence-electron chi connectivity index (χ2n) is 5.54. The van der Waals surface area contributed by atoms with Gasteiger partial charge in [-0.15, -0.1) is 0 Å². The molecule has 2 rings (SSSR count). The van der Waals surface area contributed by atoms with Crippen molar-refractivity contribution in [1.82, 2.24) is 5.32 Å². The maximum atomic E-state index is 11.7. The van der Waals surface area contributed by atoms with Gasteiger partial charge >= 0.3 is 0 Å². The van der Waals surface area contributed by atoms with E-state index in [9.17, 15) is 9.90 Å². The number of halogens is 1. The maximum absolute atomic E-state index is 11.7. The third kappa shape index (κ3) is 4.80. The molecule has 1 aromatic rings. The van der Waals surface area contributed by atoms with Gasteiger partial charge in [-0.2, -0.15) is 0 Å². The average molecular weight is 296 g/mol. The van der Waals surface area contributed by atoms with Crippen molar-refractivity contribution in [2.24, 2.45) is 5.92 Å². The average Bonchev–Trinajstić information content (AvgIpc) is 2.84. The SMILES string of the molecule is O=C(CCCc1ccc(Cl)cc1)NC[C@H]1CCC[C@@H]1O. The fourth-order valence-corrected chi connectivity index (χ4v) is 2.82. The van der Waals surface area contributed by atoms with Crippen LogP contribution in [-0.2, 0) is 11.2 Å². The monoisotopic (exact) mass is 295 g/mol. The van der Waals surface area contributed by atoms with Crippen molar-refractivity contribution in [2.75, 3.05) is 6.54 Å². The molecule has 0 bridgehead atoms. The molecule has 1 fully saturated rings. The van der Waals surface area contributed by atoms with E-state index in [-0.39, 0.29) is 17.9 Å². The molecule has 0 aromatic heterocycles. The van der Waals surface area contributed by atoms with E-state index >= 15 is 0 Å². The molecule has 1 aliphatic rings. The summed E-state index contributed by atoms with van der Waals surface area (Å²) in [6.45, 7) is 0.612. The lowest BCUT2D eigenvalue weighted by molar-refractivity contribution is -0.121. The van der Waals surface area contributed by atoms with Gasteiger partial charge in [-0.05, 0) is 43.4 Å². The van der Waals surface area contributed by atoms with Gasteiger partial charge in [0.25, 0.3) is 0 Å². The Morgan fingerprint density at radius 1 is 1.30 bits per heavy atom. The number of hydrogen-bond donors (Lipinski definition) is 2. The van der Waals surface area contributed by atoms with Crippen molar-refractivity contribution in [3.63, 3.8) is 0 Å². The van der Waals surface area contributed by atoms with Crippen LogP contribution in [0.1, 0.15) is 37.7 Å². The minimum atomic E-state index is -0.232. The molecule has 0 spiro atoms. The molecule has 1 saturated carbocycles. The predicted molar refractivity (Wildman–Crippen MR) is 80.7 cm³/mol. The summed E-state index contributed by atoms with van der Waals surface area (Å²) >= 11 is 5.83. The first-order valence-electron chi connectivity index (χ1n) is 7.34. The van der Waals surface area contributed by atoms with Crippen molar-refractivity contribution >= 4 is 17.5 Å². The van der Waals surface area contributed by atoms with Crippen LogP contribution < -0.4 is 5.32 Å². The molecule has 1 aliphatic carbocycles. The van der Waals surface area contributed by atoms with Gasteiger partial charge in [0.15, 0.2) is 0 Å². The summed E-state index contributed by atoms with van der Waals surface area (Å²) in [6.07, 6.45) is 4.98. The van der Waals surface area contributed by atoms with Gasteiger partial charge in [0.2, 0.25) is 5.91 Å². The van der Waals surface area contributed by atoms with E-state index < -0.39 is 0 Å². The van der Waals surface area contributed by atoms with Crippen molar-refractivity contribution in [1.29, 1.82) is 0 Å². The van der Waals surface area contributed by atoms with Gasteiger partial charge in [0, 0.05) is 23.9 Å². The van der Waals surface area contributed by atoms with Crippen LogP contribution in [0.4, 0.5) is 0 Å². The minimum Gasteiger partial charge on any atom is -0.393 e. The van der Waals surface area contributed by atoms with E-state index in [2.05, 4.69) is 5.32 Å². The number of aliphatic hydroxyl groups is 1. The van der Waals surface area contributed by atoms with E-state index in [1.807, 2.05) is 24.3 Å². The van der Waals surface area contributed by atoms with Gasteiger partial charge in [0.1, 0.15) is 0 Å². The highest BCUT2D eigenvalue weighted by Gasteiger charge is 2.25. The Morgan fingerprint density at radius 2 is 2.05 bits per heavy atom. The van der Waals surface area contributed by atoms with E-state index in [0.29, 0.717) is 13.0 Å². The Morgan fingerprint density at radius 3 is 2.70 bits per heavy atom. The zero-order valence-electron chi connectivity index (χ0n) is 11.6. The summed E-state index contributed by atoms with van der Waals surface area (Å²) in [7, 11) is 0. The van der Waals surface area contributed by atoms with E-state index in [4.69, 9.17) is 11.6 Å². The zero-order valence-corrected chi connectivity index (χ0v) is 12.4. The number of nitrogens with one attached hydrogen (secondary N) is 1. The number of amides is 1. The Labute approximate surface area is 125 Å². The Balaban J connectivity index is 1.61. The Kier molecular flexibility index (Phi) is 5.86. The van der Waals surface area contributed by atoms with Crippen LogP contribution in [0.2, 0.25) is 5.02 Å².